The van der Waals surface area contributed by atoms with E-state index in [2.05, 4.69) is 19.9 Å². The number of ether oxygens (including phenoxy) is 2. The van der Waals surface area contributed by atoms with Gasteiger partial charge in [-0.1, -0.05) is 13.8 Å². The maximum Gasteiger partial charge on any atom is 0.189 e. The summed E-state index contributed by atoms with van der Waals surface area (Å²) in [7, 11) is 0. The zero-order valence-electron chi connectivity index (χ0n) is 9.12. The summed E-state index contributed by atoms with van der Waals surface area (Å²) in [6.45, 7) is 5.13. The lowest BCUT2D eigenvalue weighted by Gasteiger charge is -2.22. The van der Waals surface area contributed by atoms with E-state index in [1.54, 1.807) is 0 Å². The van der Waals surface area contributed by atoms with Crippen molar-refractivity contribution >= 4 is 0 Å². The highest BCUT2D eigenvalue weighted by Gasteiger charge is 2.16. The normalized spacial score (nSPS) is 14.9. The zero-order valence-corrected chi connectivity index (χ0v) is 9.12. The van der Waals surface area contributed by atoms with Crippen molar-refractivity contribution in [2.75, 3.05) is 6.79 Å². The highest BCUT2D eigenvalue weighted by Crippen LogP contribution is 2.32. The third kappa shape index (κ3) is 1.98. The van der Waals surface area contributed by atoms with Gasteiger partial charge in [0.1, 0.15) is 5.75 Å². The van der Waals surface area contributed by atoms with Gasteiger partial charge in [-0.05, 0) is 23.6 Å². The minimum absolute atomic E-state index is 0.0168. The van der Waals surface area contributed by atoms with Crippen LogP contribution in [-0.4, -0.2) is 11.9 Å². The summed E-state index contributed by atoms with van der Waals surface area (Å²) in [5, 5.41) is 9.28. The Kier molecular flexibility index (Phi) is 2.93. The Balaban J connectivity index is 2.48. The molecule has 0 amide bonds. The number of aliphatic hydroxyl groups is 1. The average Bonchev–Trinajstić information content (AvgIpc) is 2.27. The maximum atomic E-state index is 9.28. The second-order valence-electron chi connectivity index (χ2n) is 4.09. The molecule has 1 aliphatic heterocycles. The molecule has 1 aliphatic rings. The monoisotopic (exact) mass is 208 g/mol. The smallest absolute Gasteiger partial charge is 0.189 e. The second-order valence-corrected chi connectivity index (χ2v) is 4.09. The summed E-state index contributed by atoms with van der Waals surface area (Å²) in [6, 6.07) is 4.10. The number of hydrogen-bond donors (Lipinski definition) is 1. The van der Waals surface area contributed by atoms with Crippen LogP contribution < -0.4 is 4.74 Å². The van der Waals surface area contributed by atoms with Crippen LogP contribution in [-0.2, 0) is 18.0 Å². The Hall–Kier alpha value is -1.06. The standard InChI is InChI=1S/C12H16O3/c1-8(2)9-3-10(5-13)12-11(4-9)6-14-7-15-12/h3-4,8,13H,5-7H2,1-2H3. The molecule has 0 aromatic heterocycles. The molecule has 15 heavy (non-hydrogen) atoms. The van der Waals surface area contributed by atoms with E-state index in [1.807, 2.05) is 6.07 Å². The molecular weight excluding hydrogens is 192 g/mol. The van der Waals surface area contributed by atoms with E-state index in [9.17, 15) is 5.11 Å². The Morgan fingerprint density at radius 1 is 1.40 bits per heavy atom. The van der Waals surface area contributed by atoms with Gasteiger partial charge in [0, 0.05) is 11.1 Å². The maximum absolute atomic E-state index is 9.28. The van der Waals surface area contributed by atoms with Gasteiger partial charge in [-0.2, -0.15) is 0 Å². The van der Waals surface area contributed by atoms with Gasteiger partial charge in [0.15, 0.2) is 6.79 Å². The molecule has 0 spiro atoms. The predicted molar refractivity (Wildman–Crippen MR) is 56.7 cm³/mol. The zero-order chi connectivity index (χ0) is 10.8. The first-order valence-corrected chi connectivity index (χ1v) is 5.19. The molecule has 1 N–H and O–H groups in total. The molecule has 0 atom stereocenters. The number of rotatable bonds is 2. The van der Waals surface area contributed by atoms with E-state index < -0.39 is 0 Å². The van der Waals surface area contributed by atoms with Gasteiger partial charge >= 0.3 is 0 Å². The van der Waals surface area contributed by atoms with Gasteiger partial charge in [0.2, 0.25) is 0 Å². The predicted octanol–water partition coefficient (Wildman–Crippen LogP) is 2.17. The van der Waals surface area contributed by atoms with Gasteiger partial charge in [0.25, 0.3) is 0 Å². The van der Waals surface area contributed by atoms with Gasteiger partial charge in [-0.3, -0.25) is 0 Å². The van der Waals surface area contributed by atoms with Gasteiger partial charge in [-0.15, -0.1) is 0 Å². The fourth-order valence-electron chi connectivity index (χ4n) is 1.78. The van der Waals surface area contributed by atoms with E-state index >= 15 is 0 Å². The Bertz CT molecular complexity index is 341. The van der Waals surface area contributed by atoms with Gasteiger partial charge in [-0.25, -0.2) is 0 Å². The van der Waals surface area contributed by atoms with Gasteiger partial charge in [0.05, 0.1) is 13.2 Å². The molecule has 1 aromatic rings. The van der Waals surface area contributed by atoms with Crippen LogP contribution in [0.5, 0.6) is 5.75 Å². The van der Waals surface area contributed by atoms with Gasteiger partial charge < -0.3 is 14.6 Å². The molecule has 82 valence electrons. The molecule has 0 bridgehead atoms. The molecular formula is C12H16O3. The minimum atomic E-state index is 0.0168. The lowest BCUT2D eigenvalue weighted by Crippen LogP contribution is -2.14. The Morgan fingerprint density at radius 3 is 2.87 bits per heavy atom. The van der Waals surface area contributed by atoms with Crippen LogP contribution >= 0.6 is 0 Å². The van der Waals surface area contributed by atoms with E-state index in [1.165, 1.54) is 5.56 Å². The Labute approximate surface area is 89.6 Å². The molecule has 0 aliphatic carbocycles. The lowest BCUT2D eigenvalue weighted by atomic mass is 9.97. The average molecular weight is 208 g/mol. The van der Waals surface area contributed by atoms with Crippen LogP contribution in [0.2, 0.25) is 0 Å². The van der Waals surface area contributed by atoms with E-state index in [0.29, 0.717) is 12.5 Å². The molecule has 2 rings (SSSR count). The van der Waals surface area contributed by atoms with Crippen LogP contribution in [0.25, 0.3) is 0 Å². The first-order chi connectivity index (χ1) is 7.22. The molecule has 0 saturated heterocycles. The number of benzene rings is 1. The second kappa shape index (κ2) is 4.21. The van der Waals surface area contributed by atoms with E-state index in [0.717, 1.165) is 16.9 Å². The highest BCUT2D eigenvalue weighted by atomic mass is 16.7. The molecule has 0 radical (unpaired) electrons. The minimum Gasteiger partial charge on any atom is -0.467 e. The molecule has 0 saturated carbocycles. The number of fused-ring (bicyclic) bond motifs is 1. The van der Waals surface area contributed by atoms with E-state index in [4.69, 9.17) is 9.47 Å². The van der Waals surface area contributed by atoms with Crippen molar-refractivity contribution in [1.29, 1.82) is 0 Å². The summed E-state index contributed by atoms with van der Waals surface area (Å²) >= 11 is 0. The molecule has 1 aromatic carbocycles. The van der Waals surface area contributed by atoms with Crippen LogP contribution in [0.3, 0.4) is 0 Å². The van der Waals surface area contributed by atoms with E-state index in [-0.39, 0.29) is 13.4 Å². The first kappa shape index (κ1) is 10.5. The van der Waals surface area contributed by atoms with Crippen molar-refractivity contribution in [3.8, 4) is 5.75 Å². The van der Waals surface area contributed by atoms with Crippen molar-refractivity contribution in [2.24, 2.45) is 0 Å². The van der Waals surface area contributed by atoms with Crippen LogP contribution in [0.15, 0.2) is 12.1 Å². The summed E-state index contributed by atoms with van der Waals surface area (Å²) in [5.74, 6) is 1.25. The molecule has 3 heteroatoms. The van der Waals surface area contributed by atoms with Crippen molar-refractivity contribution in [3.63, 3.8) is 0 Å². The summed E-state index contributed by atoms with van der Waals surface area (Å²) < 4.78 is 10.6. The van der Waals surface area contributed by atoms with Crippen LogP contribution in [0.1, 0.15) is 36.5 Å². The molecule has 1 heterocycles. The van der Waals surface area contributed by atoms with Crippen LogP contribution in [0, 0.1) is 0 Å². The van der Waals surface area contributed by atoms with Crippen molar-refractivity contribution in [1.82, 2.24) is 0 Å². The fraction of sp³-hybridized carbons (Fsp3) is 0.500. The highest BCUT2D eigenvalue weighted by molar-refractivity contribution is 5.45. The van der Waals surface area contributed by atoms with Crippen molar-refractivity contribution in [3.05, 3.63) is 28.8 Å². The third-order valence-corrected chi connectivity index (χ3v) is 2.65. The van der Waals surface area contributed by atoms with Crippen molar-refractivity contribution < 1.29 is 14.6 Å². The summed E-state index contributed by atoms with van der Waals surface area (Å²) in [4.78, 5) is 0. The SMILES string of the molecule is CC(C)c1cc(CO)c2c(c1)COCO2. The molecule has 0 unspecified atom stereocenters. The largest absolute Gasteiger partial charge is 0.467 e. The fourth-order valence-corrected chi connectivity index (χ4v) is 1.78. The molecule has 3 nitrogen and oxygen atoms in total. The molecule has 0 fully saturated rings. The Morgan fingerprint density at radius 2 is 2.20 bits per heavy atom. The topological polar surface area (TPSA) is 38.7 Å². The summed E-state index contributed by atoms with van der Waals surface area (Å²) in [6.07, 6.45) is 0. The van der Waals surface area contributed by atoms with Crippen molar-refractivity contribution in [2.45, 2.75) is 33.0 Å². The first-order valence-electron chi connectivity index (χ1n) is 5.19. The summed E-state index contributed by atoms with van der Waals surface area (Å²) in [5.41, 5.74) is 3.11. The van der Waals surface area contributed by atoms with Crippen LogP contribution in [0.4, 0.5) is 0 Å². The number of aliphatic hydroxyl groups excluding tert-OH is 1. The number of hydrogen-bond acceptors (Lipinski definition) is 3. The third-order valence-electron chi connectivity index (χ3n) is 2.65. The lowest BCUT2D eigenvalue weighted by molar-refractivity contribution is -0.0177. The quantitative estimate of drug-likeness (QED) is 0.809.